The van der Waals surface area contributed by atoms with Crippen LogP contribution in [0, 0.1) is 11.6 Å². The third-order valence-electron chi connectivity index (χ3n) is 9.09. The summed E-state index contributed by atoms with van der Waals surface area (Å²) in [6.45, 7) is 5.92. The van der Waals surface area contributed by atoms with Gasteiger partial charge in [0, 0.05) is 55.1 Å². The van der Waals surface area contributed by atoms with Gasteiger partial charge in [-0.05, 0) is 70.0 Å². The number of likely N-dealkylation sites (tertiary alicyclic amines) is 2. The highest BCUT2D eigenvalue weighted by Gasteiger charge is 2.43. The van der Waals surface area contributed by atoms with Gasteiger partial charge in [-0.15, -0.1) is 0 Å². The molecule has 2 N–H and O–H groups in total. The lowest BCUT2D eigenvalue weighted by molar-refractivity contribution is -0.136. The quantitative estimate of drug-likeness (QED) is 0.261. The number of aliphatic hydroxyl groups excluding tert-OH is 1. The number of carbonyl (C=O) groups is 2. The number of hydrogen-bond acceptors (Lipinski definition) is 10. The second kappa shape index (κ2) is 14.1. The number of aromatic nitrogens is 3. The van der Waals surface area contributed by atoms with Crippen molar-refractivity contribution in [2.24, 2.45) is 4.36 Å². The molecule has 2 aliphatic heterocycles. The van der Waals surface area contributed by atoms with Crippen molar-refractivity contribution in [1.82, 2.24) is 24.2 Å². The fraction of sp³-hybridized carbons (Fsp3) is 0.429. The van der Waals surface area contributed by atoms with Crippen molar-refractivity contribution in [3.8, 4) is 17.0 Å². The van der Waals surface area contributed by atoms with Crippen LogP contribution in [0.1, 0.15) is 40.0 Å². The van der Waals surface area contributed by atoms with Crippen LogP contribution < -0.4 is 10.1 Å². The first-order valence-electron chi connectivity index (χ1n) is 16.6. The first-order chi connectivity index (χ1) is 24.2. The number of nitrogens with zero attached hydrogens (tertiary/aromatic N) is 6. The Bertz CT molecular complexity index is 2070. The van der Waals surface area contributed by atoms with Crippen LogP contribution in [0.4, 0.5) is 25.1 Å². The molecule has 2 aromatic heterocycles. The summed E-state index contributed by atoms with van der Waals surface area (Å²) in [7, 11) is -0.0718. The van der Waals surface area contributed by atoms with Crippen LogP contribution in [0.2, 0.25) is 0 Å². The largest absolute Gasteiger partial charge is 0.494 e. The van der Waals surface area contributed by atoms with Gasteiger partial charge in [0.2, 0.25) is 11.7 Å². The molecular weight excluding hydrogens is 684 g/mol. The second-order valence-electron chi connectivity index (χ2n) is 13.5. The lowest BCUT2D eigenvalue weighted by atomic mass is 10.1. The van der Waals surface area contributed by atoms with Gasteiger partial charge in [-0.25, -0.2) is 27.7 Å². The molecule has 2 amide bonds. The summed E-state index contributed by atoms with van der Waals surface area (Å²) in [5, 5.41) is 13.2. The van der Waals surface area contributed by atoms with Crippen molar-refractivity contribution in [3.63, 3.8) is 0 Å². The number of methoxy groups -OCH3 is 1. The molecule has 13 nitrogen and oxygen atoms in total. The molecule has 2 aromatic carbocycles. The predicted octanol–water partition coefficient (Wildman–Crippen LogP) is 5.24. The number of carbonyl (C=O) groups excluding carboxylic acids is 2. The molecule has 1 unspecified atom stereocenters. The van der Waals surface area contributed by atoms with Gasteiger partial charge >= 0.3 is 6.09 Å². The molecule has 4 heterocycles. The molecule has 2 fully saturated rings. The lowest BCUT2D eigenvalue weighted by Gasteiger charge is -2.36. The van der Waals surface area contributed by atoms with E-state index in [4.69, 9.17) is 9.47 Å². The molecule has 16 heteroatoms. The maximum absolute atomic E-state index is 14.9. The van der Waals surface area contributed by atoms with E-state index in [2.05, 4.69) is 19.6 Å². The van der Waals surface area contributed by atoms with E-state index in [1.165, 1.54) is 43.6 Å². The van der Waals surface area contributed by atoms with E-state index >= 15 is 0 Å². The molecule has 0 saturated carbocycles. The zero-order valence-corrected chi connectivity index (χ0v) is 29.8. The average molecular weight is 726 g/mol. The Morgan fingerprint density at radius 2 is 1.76 bits per heavy atom. The summed E-state index contributed by atoms with van der Waals surface area (Å²) < 4.78 is 60.0. The van der Waals surface area contributed by atoms with Gasteiger partial charge < -0.3 is 24.8 Å². The molecule has 0 bridgehead atoms. The van der Waals surface area contributed by atoms with Crippen LogP contribution in [0.15, 0.2) is 64.2 Å². The number of ether oxygens (including phenoxy) is 2. The van der Waals surface area contributed by atoms with Crippen molar-refractivity contribution >= 4 is 38.9 Å². The SMILES string of the molecule is CN=S(=O)(c1ccc(Nc2nccn3c(-c4ccc(OC)c(F)c4F)cnc23)cc1)C1CCN(C(=O)[C@@H]2C[C@@H](O)CN2C(=O)OC(C)(C)C)CC1. The first-order valence-corrected chi connectivity index (χ1v) is 18.1. The van der Waals surface area contributed by atoms with E-state index in [1.807, 2.05) is 0 Å². The van der Waals surface area contributed by atoms with Crippen LogP contribution in [-0.4, -0.2) is 102 Å². The molecule has 0 aliphatic carbocycles. The minimum atomic E-state index is -2.87. The first kappa shape index (κ1) is 36.0. The summed E-state index contributed by atoms with van der Waals surface area (Å²) in [5.74, 6) is -2.25. The number of β-amino-alcohol motifs (C(OH)–C–C–N with tert-alkyl or cyclic N) is 1. The van der Waals surface area contributed by atoms with E-state index in [0.29, 0.717) is 53.7 Å². The number of fused-ring (bicyclic) bond motifs is 1. The number of aliphatic hydroxyl groups is 1. The highest BCUT2D eigenvalue weighted by Crippen LogP contribution is 2.33. The zero-order valence-electron chi connectivity index (χ0n) is 29.0. The number of rotatable bonds is 7. The Kier molecular flexibility index (Phi) is 9.92. The molecular formula is C35H41F2N7O6S. The summed E-state index contributed by atoms with van der Waals surface area (Å²) in [6.07, 6.45) is 4.09. The second-order valence-corrected chi connectivity index (χ2v) is 16.2. The van der Waals surface area contributed by atoms with Gasteiger partial charge in [-0.2, -0.15) is 4.39 Å². The van der Waals surface area contributed by atoms with Crippen molar-refractivity contribution in [3.05, 3.63) is 66.6 Å². The van der Waals surface area contributed by atoms with Gasteiger partial charge in [0.25, 0.3) is 0 Å². The predicted molar refractivity (Wildman–Crippen MR) is 186 cm³/mol. The minimum absolute atomic E-state index is 0.00989. The standard InChI is InChI=1S/C35H41F2N7O6S/c1-35(2,3)50-34(47)44-20-22(45)18-26(44)33(46)42-15-12-24(13-16-42)51(48,38-4)23-8-6-21(7-9-23)41-31-32-40-19-27(43(32)17-14-39-31)25-10-11-28(49-5)30(37)29(25)36/h6-11,14,17,19,22,24,26,45H,12-13,15-16,18,20H2,1-5H3,(H,39,41)/t22-,26+,51?/m1/s1. The Balaban J connectivity index is 1.14. The maximum atomic E-state index is 14.9. The molecule has 0 radical (unpaired) electrons. The van der Waals surface area contributed by atoms with E-state index in [1.54, 1.807) is 60.5 Å². The Labute approximate surface area is 294 Å². The third-order valence-corrected chi connectivity index (χ3v) is 12.0. The zero-order chi connectivity index (χ0) is 36.7. The van der Waals surface area contributed by atoms with Crippen LogP contribution in [-0.2, 0) is 19.3 Å². The molecule has 272 valence electrons. The number of anilines is 2. The van der Waals surface area contributed by atoms with Crippen molar-refractivity contribution in [2.45, 2.75) is 67.9 Å². The number of amides is 2. The van der Waals surface area contributed by atoms with Gasteiger partial charge in [0.15, 0.2) is 23.0 Å². The van der Waals surface area contributed by atoms with Gasteiger partial charge in [0.05, 0.1) is 46.6 Å². The smallest absolute Gasteiger partial charge is 0.411 e. The Morgan fingerprint density at radius 1 is 1.06 bits per heavy atom. The van der Waals surface area contributed by atoms with Crippen LogP contribution in [0.5, 0.6) is 5.75 Å². The van der Waals surface area contributed by atoms with Crippen LogP contribution in [0.3, 0.4) is 0 Å². The number of benzene rings is 2. The number of hydrogen-bond donors (Lipinski definition) is 2. The lowest BCUT2D eigenvalue weighted by Crippen LogP contribution is -2.51. The van der Waals surface area contributed by atoms with Crippen LogP contribution in [0.25, 0.3) is 16.9 Å². The highest BCUT2D eigenvalue weighted by atomic mass is 32.2. The van der Waals surface area contributed by atoms with E-state index in [0.717, 1.165) is 0 Å². The van der Waals surface area contributed by atoms with E-state index in [9.17, 15) is 27.7 Å². The Hall–Kier alpha value is -4.83. The van der Waals surface area contributed by atoms with Crippen LogP contribution >= 0.6 is 0 Å². The van der Waals surface area contributed by atoms with Gasteiger partial charge in [-0.1, -0.05) is 0 Å². The van der Waals surface area contributed by atoms with Crippen molar-refractivity contribution < 1.29 is 37.2 Å². The molecule has 2 aliphatic rings. The van der Waals surface area contributed by atoms with Gasteiger partial charge in [0.1, 0.15) is 11.6 Å². The maximum Gasteiger partial charge on any atom is 0.411 e. The van der Waals surface area contributed by atoms with Crippen molar-refractivity contribution in [2.75, 3.05) is 39.1 Å². The summed E-state index contributed by atoms with van der Waals surface area (Å²) in [4.78, 5) is 38.6. The summed E-state index contributed by atoms with van der Waals surface area (Å²) in [5.41, 5.74) is 0.588. The molecule has 2 saturated heterocycles. The molecule has 6 rings (SSSR count). The number of halogens is 2. The third kappa shape index (κ3) is 7.06. The average Bonchev–Trinajstić information content (AvgIpc) is 3.73. The molecule has 51 heavy (non-hydrogen) atoms. The Morgan fingerprint density at radius 3 is 2.41 bits per heavy atom. The summed E-state index contributed by atoms with van der Waals surface area (Å²) >= 11 is 0. The fourth-order valence-electron chi connectivity index (χ4n) is 6.59. The number of nitrogens with one attached hydrogen (secondary N) is 1. The number of piperidine rings is 1. The highest BCUT2D eigenvalue weighted by molar-refractivity contribution is 7.94. The van der Waals surface area contributed by atoms with Crippen molar-refractivity contribution in [1.29, 1.82) is 0 Å². The summed E-state index contributed by atoms with van der Waals surface area (Å²) in [6, 6.07) is 8.92. The minimum Gasteiger partial charge on any atom is -0.494 e. The number of imidazole rings is 1. The monoisotopic (exact) mass is 725 g/mol. The molecule has 3 atom stereocenters. The fourth-order valence-corrected chi connectivity index (χ4v) is 8.86. The van der Waals surface area contributed by atoms with Gasteiger partial charge in [-0.3, -0.25) is 14.1 Å². The van der Waals surface area contributed by atoms with E-state index < -0.39 is 45.2 Å². The topological polar surface area (TPSA) is 151 Å². The van der Waals surface area contributed by atoms with E-state index in [-0.39, 0.29) is 35.4 Å². The normalized spacial score (nSPS) is 19.5. The molecule has 0 spiro atoms. The molecule has 4 aromatic rings.